The zero-order valence-corrected chi connectivity index (χ0v) is 15.7. The van der Waals surface area contributed by atoms with Crippen molar-refractivity contribution in [3.63, 3.8) is 0 Å². The minimum atomic E-state index is 0.221. The Labute approximate surface area is 159 Å². The van der Waals surface area contributed by atoms with Crippen LogP contribution in [0.25, 0.3) is 32.3 Å². The fraction of sp³-hybridized carbons (Fsp3) is 0.280. The van der Waals surface area contributed by atoms with Gasteiger partial charge in [-0.05, 0) is 44.3 Å². The van der Waals surface area contributed by atoms with Gasteiger partial charge in [-0.25, -0.2) is 0 Å². The van der Waals surface area contributed by atoms with E-state index in [-0.39, 0.29) is 5.41 Å². The molecule has 1 heterocycles. The van der Waals surface area contributed by atoms with Crippen LogP contribution in [0.15, 0.2) is 66.7 Å². The van der Waals surface area contributed by atoms with E-state index < -0.39 is 0 Å². The van der Waals surface area contributed by atoms with Crippen molar-refractivity contribution in [3.05, 3.63) is 72.3 Å². The lowest BCUT2D eigenvalue weighted by atomic mass is 9.90. The summed E-state index contributed by atoms with van der Waals surface area (Å²) in [4.78, 5) is 0. The molecule has 0 aliphatic carbocycles. The van der Waals surface area contributed by atoms with E-state index in [4.69, 9.17) is 9.47 Å². The molecule has 0 aromatic heterocycles. The Morgan fingerprint density at radius 1 is 0.778 bits per heavy atom. The zero-order valence-electron chi connectivity index (χ0n) is 15.7. The summed E-state index contributed by atoms with van der Waals surface area (Å²) >= 11 is 0. The number of ether oxygens (including phenoxy) is 2. The molecule has 0 spiro atoms. The standard InChI is InChI=1S/C25H24O2/c1-25(16-27-17-25)15-26-13-12-18-10-11-23-21-8-3-2-6-19(21)20-7-4-5-9-22(20)24(23)14-18/h2-11,14H,12-13,15-17H2,1H3. The second kappa shape index (κ2) is 6.63. The molecule has 1 aliphatic rings. The first-order valence-electron chi connectivity index (χ1n) is 9.71. The van der Waals surface area contributed by atoms with Crippen molar-refractivity contribution in [2.45, 2.75) is 13.3 Å². The van der Waals surface area contributed by atoms with E-state index in [2.05, 4.69) is 73.7 Å². The Morgan fingerprint density at radius 3 is 1.89 bits per heavy atom. The van der Waals surface area contributed by atoms with Crippen molar-refractivity contribution in [1.82, 2.24) is 0 Å². The van der Waals surface area contributed by atoms with Gasteiger partial charge in [0.15, 0.2) is 0 Å². The van der Waals surface area contributed by atoms with E-state index in [1.807, 2.05) is 0 Å². The fourth-order valence-electron chi connectivity index (χ4n) is 4.15. The highest BCUT2D eigenvalue weighted by atomic mass is 16.5. The molecular weight excluding hydrogens is 332 g/mol. The summed E-state index contributed by atoms with van der Waals surface area (Å²) in [5, 5.41) is 7.97. The van der Waals surface area contributed by atoms with Gasteiger partial charge in [0.05, 0.1) is 26.4 Å². The topological polar surface area (TPSA) is 18.5 Å². The lowest BCUT2D eigenvalue weighted by molar-refractivity contribution is -0.137. The Morgan fingerprint density at radius 2 is 1.33 bits per heavy atom. The van der Waals surface area contributed by atoms with Crippen molar-refractivity contribution >= 4 is 32.3 Å². The Kier molecular flexibility index (Phi) is 4.11. The summed E-state index contributed by atoms with van der Waals surface area (Å²) in [6.45, 7) is 5.41. The third-order valence-electron chi connectivity index (χ3n) is 5.70. The van der Waals surface area contributed by atoms with Crippen LogP contribution < -0.4 is 0 Å². The molecule has 1 fully saturated rings. The van der Waals surface area contributed by atoms with Crippen LogP contribution in [-0.4, -0.2) is 26.4 Å². The maximum Gasteiger partial charge on any atom is 0.0564 e. The van der Waals surface area contributed by atoms with Gasteiger partial charge >= 0.3 is 0 Å². The Bertz CT molecular complexity index is 1090. The van der Waals surface area contributed by atoms with Gasteiger partial charge in [0.25, 0.3) is 0 Å². The monoisotopic (exact) mass is 356 g/mol. The molecule has 0 unspecified atom stereocenters. The SMILES string of the molecule is CC1(COCCc2ccc3c4ccccc4c4ccccc4c3c2)COC1. The van der Waals surface area contributed by atoms with E-state index in [0.717, 1.165) is 32.8 Å². The molecule has 4 aromatic carbocycles. The minimum absolute atomic E-state index is 0.221. The summed E-state index contributed by atoms with van der Waals surface area (Å²) < 4.78 is 11.2. The van der Waals surface area contributed by atoms with Crippen LogP contribution in [0.1, 0.15) is 12.5 Å². The van der Waals surface area contributed by atoms with Gasteiger partial charge in [-0.1, -0.05) is 73.7 Å². The maximum atomic E-state index is 5.93. The third-order valence-corrected chi connectivity index (χ3v) is 5.70. The second-order valence-electron chi connectivity index (χ2n) is 8.08. The molecule has 0 amide bonds. The number of benzene rings is 4. The van der Waals surface area contributed by atoms with Crippen molar-refractivity contribution in [2.75, 3.05) is 26.4 Å². The summed E-state index contributed by atoms with van der Waals surface area (Å²) in [7, 11) is 0. The average Bonchev–Trinajstić information content (AvgIpc) is 2.70. The van der Waals surface area contributed by atoms with Gasteiger partial charge in [0, 0.05) is 5.41 Å². The molecule has 27 heavy (non-hydrogen) atoms. The number of hydrogen-bond donors (Lipinski definition) is 0. The zero-order chi connectivity index (χ0) is 18.3. The molecule has 0 N–H and O–H groups in total. The van der Waals surface area contributed by atoms with Gasteiger partial charge in [-0.3, -0.25) is 0 Å². The van der Waals surface area contributed by atoms with Crippen LogP contribution in [-0.2, 0) is 15.9 Å². The van der Waals surface area contributed by atoms with Gasteiger partial charge in [0.2, 0.25) is 0 Å². The van der Waals surface area contributed by atoms with Gasteiger partial charge in [-0.2, -0.15) is 0 Å². The molecule has 0 atom stereocenters. The second-order valence-corrected chi connectivity index (χ2v) is 8.08. The van der Waals surface area contributed by atoms with Crippen LogP contribution in [0, 0.1) is 5.41 Å². The van der Waals surface area contributed by atoms with Crippen molar-refractivity contribution < 1.29 is 9.47 Å². The van der Waals surface area contributed by atoms with Crippen molar-refractivity contribution in [2.24, 2.45) is 5.41 Å². The average molecular weight is 356 g/mol. The molecule has 5 rings (SSSR count). The summed E-state index contributed by atoms with van der Waals surface area (Å²) in [5.74, 6) is 0. The van der Waals surface area contributed by atoms with Gasteiger partial charge < -0.3 is 9.47 Å². The summed E-state index contributed by atoms with van der Waals surface area (Å²) in [5.41, 5.74) is 1.55. The predicted molar refractivity (Wildman–Crippen MR) is 112 cm³/mol. The van der Waals surface area contributed by atoms with E-state index in [9.17, 15) is 0 Å². The van der Waals surface area contributed by atoms with Crippen LogP contribution in [0.2, 0.25) is 0 Å². The summed E-state index contributed by atoms with van der Waals surface area (Å²) in [6.07, 6.45) is 0.939. The van der Waals surface area contributed by atoms with Gasteiger partial charge in [0.1, 0.15) is 0 Å². The third kappa shape index (κ3) is 2.99. The maximum absolute atomic E-state index is 5.93. The van der Waals surface area contributed by atoms with E-state index in [1.54, 1.807) is 0 Å². The number of hydrogen-bond acceptors (Lipinski definition) is 2. The molecule has 1 saturated heterocycles. The van der Waals surface area contributed by atoms with Gasteiger partial charge in [-0.15, -0.1) is 0 Å². The van der Waals surface area contributed by atoms with E-state index in [0.29, 0.717) is 0 Å². The molecule has 1 aliphatic heterocycles. The molecule has 136 valence electrons. The molecule has 2 heteroatoms. The lowest BCUT2D eigenvalue weighted by Gasteiger charge is -2.37. The van der Waals surface area contributed by atoms with Crippen molar-refractivity contribution in [3.8, 4) is 0 Å². The highest BCUT2D eigenvalue weighted by Gasteiger charge is 2.33. The quantitative estimate of drug-likeness (QED) is 0.335. The smallest absolute Gasteiger partial charge is 0.0564 e. The van der Waals surface area contributed by atoms with Crippen LogP contribution in [0.3, 0.4) is 0 Å². The van der Waals surface area contributed by atoms with E-state index >= 15 is 0 Å². The largest absolute Gasteiger partial charge is 0.380 e. The molecule has 0 radical (unpaired) electrons. The lowest BCUT2D eigenvalue weighted by Crippen LogP contribution is -2.43. The molecule has 4 aromatic rings. The van der Waals surface area contributed by atoms with Crippen molar-refractivity contribution in [1.29, 1.82) is 0 Å². The Balaban J connectivity index is 1.49. The molecule has 0 bridgehead atoms. The first kappa shape index (κ1) is 16.7. The van der Waals surface area contributed by atoms with Crippen LogP contribution in [0.4, 0.5) is 0 Å². The van der Waals surface area contributed by atoms with E-state index in [1.165, 1.54) is 37.9 Å². The van der Waals surface area contributed by atoms with Crippen LogP contribution >= 0.6 is 0 Å². The Hall–Kier alpha value is -2.42. The normalized spacial score (nSPS) is 16.0. The summed E-state index contributed by atoms with van der Waals surface area (Å²) in [6, 6.07) is 24.3. The minimum Gasteiger partial charge on any atom is -0.380 e. The van der Waals surface area contributed by atoms with Crippen LogP contribution in [0.5, 0.6) is 0 Å². The number of fused-ring (bicyclic) bond motifs is 6. The predicted octanol–water partition coefficient (Wildman–Crippen LogP) is 5.74. The first-order valence-corrected chi connectivity index (χ1v) is 9.71. The highest BCUT2D eigenvalue weighted by Crippen LogP contribution is 2.35. The first-order chi connectivity index (χ1) is 13.2. The number of rotatable bonds is 5. The molecular formula is C25H24O2. The highest BCUT2D eigenvalue weighted by molar-refractivity contribution is 6.25. The fourth-order valence-corrected chi connectivity index (χ4v) is 4.15. The molecule has 2 nitrogen and oxygen atoms in total. The molecule has 0 saturated carbocycles.